The third-order valence-electron chi connectivity index (χ3n) is 4.02. The van der Waals surface area contributed by atoms with Crippen molar-refractivity contribution in [3.63, 3.8) is 0 Å². The number of nitrogens with zero attached hydrogens (tertiary/aromatic N) is 1. The molecule has 1 aliphatic rings. The van der Waals surface area contributed by atoms with Gasteiger partial charge < -0.3 is 5.73 Å². The van der Waals surface area contributed by atoms with Gasteiger partial charge in [0, 0.05) is 18.3 Å². The van der Waals surface area contributed by atoms with Crippen LogP contribution < -0.4 is 5.73 Å². The summed E-state index contributed by atoms with van der Waals surface area (Å²) in [5.74, 6) is 0.829. The minimum Gasteiger partial charge on any atom is -0.399 e. The fourth-order valence-corrected chi connectivity index (χ4v) is 3.05. The molecule has 1 aromatic carbocycles. The molecule has 0 spiro atoms. The van der Waals surface area contributed by atoms with Gasteiger partial charge in [-0.1, -0.05) is 31.9 Å². The monoisotopic (exact) mass is 268 g/mol. The predicted octanol–water partition coefficient (Wildman–Crippen LogP) is 3.70. The third-order valence-corrected chi connectivity index (χ3v) is 4.02. The summed E-state index contributed by atoms with van der Waals surface area (Å²) >= 11 is 0. The first-order chi connectivity index (χ1) is 8.16. The predicted molar refractivity (Wildman–Crippen MR) is 81.0 cm³/mol. The van der Waals surface area contributed by atoms with Crippen molar-refractivity contribution in [2.45, 2.75) is 45.2 Å². The molecule has 2 rings (SSSR count). The molecule has 0 bridgehead atoms. The Morgan fingerprint density at radius 3 is 2.67 bits per heavy atom. The maximum atomic E-state index is 5.82. The molecule has 1 saturated carbocycles. The van der Waals surface area contributed by atoms with Gasteiger partial charge in [-0.25, -0.2) is 0 Å². The lowest BCUT2D eigenvalue weighted by molar-refractivity contribution is 0.133. The van der Waals surface area contributed by atoms with Gasteiger partial charge >= 0.3 is 0 Å². The van der Waals surface area contributed by atoms with Crippen LogP contribution in [0.2, 0.25) is 0 Å². The quantitative estimate of drug-likeness (QED) is 0.847. The lowest BCUT2D eigenvalue weighted by Crippen LogP contribution is -2.38. The molecule has 102 valence electrons. The number of nitrogens with two attached hydrogens (primary N) is 1. The number of nitrogen functional groups attached to an aromatic ring is 1. The zero-order valence-electron chi connectivity index (χ0n) is 11.4. The molecule has 1 aliphatic carbocycles. The normalized spacial score (nSPS) is 23.7. The standard InChI is InChI=1S/C15H24N2.ClH/c1-12-6-3-4-9-15(12)17(2)11-13-7-5-8-14(16)10-13;/h5,7-8,10,12,15H,3-4,6,9,11,16H2,1-2H3;1H. The van der Waals surface area contributed by atoms with Crippen molar-refractivity contribution in [1.29, 1.82) is 0 Å². The Labute approximate surface area is 117 Å². The van der Waals surface area contributed by atoms with E-state index >= 15 is 0 Å². The summed E-state index contributed by atoms with van der Waals surface area (Å²) < 4.78 is 0. The smallest absolute Gasteiger partial charge is 0.0317 e. The van der Waals surface area contributed by atoms with E-state index in [1.54, 1.807) is 0 Å². The van der Waals surface area contributed by atoms with Gasteiger partial charge in [0.2, 0.25) is 0 Å². The molecule has 0 radical (unpaired) electrons. The Balaban J connectivity index is 0.00000162. The summed E-state index contributed by atoms with van der Waals surface area (Å²) in [6.45, 7) is 3.40. The molecule has 0 saturated heterocycles. The molecule has 0 aliphatic heterocycles. The van der Waals surface area contributed by atoms with E-state index in [-0.39, 0.29) is 12.4 Å². The Hall–Kier alpha value is -0.730. The Morgan fingerprint density at radius 2 is 2.00 bits per heavy atom. The van der Waals surface area contributed by atoms with Crippen LogP contribution in [0.3, 0.4) is 0 Å². The summed E-state index contributed by atoms with van der Waals surface area (Å²) in [6.07, 6.45) is 5.52. The summed E-state index contributed by atoms with van der Waals surface area (Å²) in [5.41, 5.74) is 8.01. The molecule has 0 aromatic heterocycles. The van der Waals surface area contributed by atoms with E-state index in [0.29, 0.717) is 0 Å². The van der Waals surface area contributed by atoms with E-state index in [2.05, 4.69) is 31.0 Å². The second-order valence-corrected chi connectivity index (χ2v) is 5.49. The summed E-state index contributed by atoms with van der Waals surface area (Å²) in [4.78, 5) is 2.50. The van der Waals surface area contributed by atoms with Gasteiger partial charge in [-0.2, -0.15) is 0 Å². The summed E-state index contributed by atoms with van der Waals surface area (Å²) in [6, 6.07) is 8.99. The molecule has 18 heavy (non-hydrogen) atoms. The first-order valence-corrected chi connectivity index (χ1v) is 6.71. The van der Waals surface area contributed by atoms with Crippen LogP contribution in [0.5, 0.6) is 0 Å². The number of anilines is 1. The van der Waals surface area contributed by atoms with E-state index in [4.69, 9.17) is 5.73 Å². The van der Waals surface area contributed by atoms with Crippen molar-refractivity contribution in [3.05, 3.63) is 29.8 Å². The van der Waals surface area contributed by atoms with Crippen molar-refractivity contribution in [2.24, 2.45) is 5.92 Å². The van der Waals surface area contributed by atoms with Gasteiger partial charge in [-0.15, -0.1) is 12.4 Å². The van der Waals surface area contributed by atoms with Crippen LogP contribution in [-0.2, 0) is 6.54 Å². The average molecular weight is 269 g/mol. The van der Waals surface area contributed by atoms with Crippen LogP contribution >= 0.6 is 12.4 Å². The molecule has 0 amide bonds. The van der Waals surface area contributed by atoms with Crippen LogP contribution in [0.25, 0.3) is 0 Å². The van der Waals surface area contributed by atoms with Crippen molar-refractivity contribution in [3.8, 4) is 0 Å². The van der Waals surface area contributed by atoms with Crippen LogP contribution in [0, 0.1) is 5.92 Å². The highest BCUT2D eigenvalue weighted by molar-refractivity contribution is 5.85. The Kier molecular flexibility index (Phi) is 5.97. The molecule has 0 heterocycles. The van der Waals surface area contributed by atoms with Gasteiger partial charge in [0.1, 0.15) is 0 Å². The summed E-state index contributed by atoms with van der Waals surface area (Å²) in [5, 5.41) is 0. The Bertz CT molecular complexity index is 367. The molecule has 3 heteroatoms. The second-order valence-electron chi connectivity index (χ2n) is 5.49. The number of halogens is 1. The number of rotatable bonds is 3. The van der Waals surface area contributed by atoms with E-state index in [1.807, 2.05) is 12.1 Å². The van der Waals surface area contributed by atoms with Crippen LogP contribution in [-0.4, -0.2) is 18.0 Å². The average Bonchev–Trinajstić information content (AvgIpc) is 2.29. The van der Waals surface area contributed by atoms with E-state index < -0.39 is 0 Å². The molecule has 1 fully saturated rings. The third kappa shape index (κ3) is 3.89. The maximum Gasteiger partial charge on any atom is 0.0317 e. The topological polar surface area (TPSA) is 29.3 Å². The van der Waals surface area contributed by atoms with E-state index in [0.717, 1.165) is 24.2 Å². The number of hydrogen-bond donors (Lipinski definition) is 1. The fraction of sp³-hybridized carbons (Fsp3) is 0.600. The minimum absolute atomic E-state index is 0. The molecule has 2 unspecified atom stereocenters. The highest BCUT2D eigenvalue weighted by atomic mass is 35.5. The zero-order chi connectivity index (χ0) is 12.3. The van der Waals surface area contributed by atoms with Crippen molar-refractivity contribution in [1.82, 2.24) is 4.90 Å². The van der Waals surface area contributed by atoms with E-state index in [9.17, 15) is 0 Å². The first kappa shape index (κ1) is 15.3. The number of benzene rings is 1. The van der Waals surface area contributed by atoms with Crippen LogP contribution in [0.4, 0.5) is 5.69 Å². The molecule has 2 N–H and O–H groups in total. The molecular formula is C15H25ClN2. The minimum atomic E-state index is 0. The highest BCUT2D eigenvalue weighted by Crippen LogP contribution is 2.28. The van der Waals surface area contributed by atoms with Gasteiger partial charge in [-0.05, 0) is 43.5 Å². The summed E-state index contributed by atoms with van der Waals surface area (Å²) in [7, 11) is 2.25. The van der Waals surface area contributed by atoms with Gasteiger partial charge in [0.15, 0.2) is 0 Å². The first-order valence-electron chi connectivity index (χ1n) is 6.71. The van der Waals surface area contributed by atoms with Gasteiger partial charge in [-0.3, -0.25) is 4.90 Å². The fourth-order valence-electron chi connectivity index (χ4n) is 3.05. The van der Waals surface area contributed by atoms with E-state index in [1.165, 1.54) is 31.2 Å². The molecule has 1 aromatic rings. The molecule has 2 nitrogen and oxygen atoms in total. The van der Waals surface area contributed by atoms with Crippen molar-refractivity contribution >= 4 is 18.1 Å². The van der Waals surface area contributed by atoms with Crippen LogP contribution in [0.1, 0.15) is 38.2 Å². The van der Waals surface area contributed by atoms with Gasteiger partial charge in [0.05, 0.1) is 0 Å². The van der Waals surface area contributed by atoms with Gasteiger partial charge in [0.25, 0.3) is 0 Å². The lowest BCUT2D eigenvalue weighted by atomic mass is 9.85. The SMILES string of the molecule is CC1CCCCC1N(C)Cc1cccc(N)c1.Cl. The van der Waals surface area contributed by atoms with Crippen molar-refractivity contribution < 1.29 is 0 Å². The largest absolute Gasteiger partial charge is 0.399 e. The maximum absolute atomic E-state index is 5.82. The lowest BCUT2D eigenvalue weighted by Gasteiger charge is -2.36. The highest BCUT2D eigenvalue weighted by Gasteiger charge is 2.24. The zero-order valence-corrected chi connectivity index (χ0v) is 12.2. The molecule has 2 atom stereocenters. The number of hydrogen-bond acceptors (Lipinski definition) is 2. The van der Waals surface area contributed by atoms with Crippen LogP contribution in [0.15, 0.2) is 24.3 Å². The second kappa shape index (κ2) is 7.01. The van der Waals surface area contributed by atoms with Crippen molar-refractivity contribution in [2.75, 3.05) is 12.8 Å². The Morgan fingerprint density at radius 1 is 1.28 bits per heavy atom. The molecular weight excluding hydrogens is 244 g/mol.